The summed E-state index contributed by atoms with van der Waals surface area (Å²) in [6.07, 6.45) is 4.59. The van der Waals surface area contributed by atoms with Crippen LogP contribution in [-0.2, 0) is 13.5 Å². The summed E-state index contributed by atoms with van der Waals surface area (Å²) < 4.78 is 3.76. The van der Waals surface area contributed by atoms with Gasteiger partial charge in [0.1, 0.15) is 0 Å². The molecule has 1 aromatic carbocycles. The van der Waals surface area contributed by atoms with Gasteiger partial charge < -0.3 is 10.6 Å². The zero-order valence-corrected chi connectivity index (χ0v) is 15.1. The number of aryl methyl sites for hydroxylation is 1. The van der Waals surface area contributed by atoms with Gasteiger partial charge in [-0.15, -0.1) is 0 Å². The van der Waals surface area contributed by atoms with Gasteiger partial charge in [0.15, 0.2) is 0 Å². The third kappa shape index (κ3) is 3.81. The summed E-state index contributed by atoms with van der Waals surface area (Å²) in [7, 11) is 1.91. The quantitative estimate of drug-likeness (QED) is 0.749. The van der Waals surface area contributed by atoms with Crippen LogP contribution >= 0.6 is 0 Å². The summed E-state index contributed by atoms with van der Waals surface area (Å²) in [5, 5.41) is 15.5. The van der Waals surface area contributed by atoms with E-state index in [1.165, 1.54) is 0 Å². The Kier molecular flexibility index (Phi) is 4.74. The van der Waals surface area contributed by atoms with Gasteiger partial charge in [-0.05, 0) is 51.0 Å². The largest absolute Gasteiger partial charge is 0.338 e. The van der Waals surface area contributed by atoms with Crippen LogP contribution in [-0.4, -0.2) is 32.1 Å². The maximum Gasteiger partial charge on any atom is 0.319 e. The Morgan fingerprint density at radius 2 is 2.12 bits per heavy atom. The molecule has 0 saturated carbocycles. The fraction of sp³-hybridized carbons (Fsp3) is 0.389. The molecule has 2 amide bonds. The minimum absolute atomic E-state index is 0.211. The number of amides is 2. The fourth-order valence-corrected chi connectivity index (χ4v) is 2.66. The molecule has 7 heteroatoms. The minimum Gasteiger partial charge on any atom is -0.338 e. The number of aromatic nitrogens is 4. The molecule has 3 aromatic rings. The molecular formula is C18H24N6O. The molecule has 0 aliphatic heterocycles. The number of urea groups is 1. The Morgan fingerprint density at radius 3 is 2.80 bits per heavy atom. The van der Waals surface area contributed by atoms with E-state index in [4.69, 9.17) is 0 Å². The second-order valence-corrected chi connectivity index (χ2v) is 6.49. The zero-order chi connectivity index (χ0) is 18.0. The lowest BCUT2D eigenvalue weighted by Crippen LogP contribution is -2.30. The number of benzene rings is 1. The number of hydrogen-bond acceptors (Lipinski definition) is 3. The van der Waals surface area contributed by atoms with E-state index in [0.717, 1.165) is 34.3 Å². The molecule has 0 radical (unpaired) electrons. The molecule has 2 heterocycles. The highest BCUT2D eigenvalue weighted by atomic mass is 16.2. The van der Waals surface area contributed by atoms with Crippen molar-refractivity contribution in [2.24, 2.45) is 7.05 Å². The third-order valence-corrected chi connectivity index (χ3v) is 4.33. The van der Waals surface area contributed by atoms with E-state index in [9.17, 15) is 4.79 Å². The second kappa shape index (κ2) is 6.96. The standard InChI is InChI=1S/C18H24N6O/c1-12(2)24-11-15-9-16(5-6-17(15)22-24)21-18(25)19-8-7-14-10-20-23(4)13(14)3/h5-6,9-12H,7-8H2,1-4H3,(H2,19,21,25). The molecule has 132 valence electrons. The number of fused-ring (bicyclic) bond motifs is 1. The highest BCUT2D eigenvalue weighted by Crippen LogP contribution is 2.19. The number of carbonyl (C=O) groups is 1. The second-order valence-electron chi connectivity index (χ2n) is 6.49. The molecular weight excluding hydrogens is 316 g/mol. The van der Waals surface area contributed by atoms with Gasteiger partial charge in [0, 0.05) is 42.6 Å². The lowest BCUT2D eigenvalue weighted by Gasteiger charge is -2.07. The summed E-state index contributed by atoms with van der Waals surface area (Å²) in [6, 6.07) is 5.82. The molecule has 0 spiro atoms. The summed E-state index contributed by atoms with van der Waals surface area (Å²) in [5.74, 6) is 0. The first-order valence-electron chi connectivity index (χ1n) is 8.45. The molecule has 0 aliphatic carbocycles. The number of nitrogens with zero attached hydrogens (tertiary/aromatic N) is 4. The van der Waals surface area contributed by atoms with E-state index in [1.807, 2.05) is 53.9 Å². The monoisotopic (exact) mass is 340 g/mol. The summed E-state index contributed by atoms with van der Waals surface area (Å²) in [5.41, 5.74) is 3.94. The maximum atomic E-state index is 12.1. The predicted molar refractivity (Wildman–Crippen MR) is 98.8 cm³/mol. The van der Waals surface area contributed by atoms with E-state index in [-0.39, 0.29) is 6.03 Å². The highest BCUT2D eigenvalue weighted by Gasteiger charge is 2.08. The van der Waals surface area contributed by atoms with Crippen LogP contribution in [0.25, 0.3) is 10.9 Å². The van der Waals surface area contributed by atoms with Gasteiger partial charge in [-0.1, -0.05) is 0 Å². The van der Waals surface area contributed by atoms with Crippen molar-refractivity contribution >= 4 is 22.6 Å². The first-order chi connectivity index (χ1) is 11.9. The van der Waals surface area contributed by atoms with Crippen LogP contribution in [0.1, 0.15) is 31.1 Å². The maximum absolute atomic E-state index is 12.1. The van der Waals surface area contributed by atoms with Crippen LogP contribution < -0.4 is 10.6 Å². The predicted octanol–water partition coefficient (Wildman–Crippen LogP) is 3.02. The van der Waals surface area contributed by atoms with Gasteiger partial charge in [-0.2, -0.15) is 10.2 Å². The van der Waals surface area contributed by atoms with Gasteiger partial charge in [-0.3, -0.25) is 9.36 Å². The SMILES string of the molecule is Cc1c(CCNC(=O)Nc2ccc3nn(C(C)C)cc3c2)cnn1C. The number of hydrogen-bond donors (Lipinski definition) is 2. The van der Waals surface area contributed by atoms with E-state index >= 15 is 0 Å². The van der Waals surface area contributed by atoms with Crippen LogP contribution in [0.15, 0.2) is 30.6 Å². The lowest BCUT2D eigenvalue weighted by atomic mass is 10.2. The van der Waals surface area contributed by atoms with Crippen molar-refractivity contribution in [2.45, 2.75) is 33.2 Å². The zero-order valence-electron chi connectivity index (χ0n) is 15.1. The van der Waals surface area contributed by atoms with E-state index in [1.54, 1.807) is 0 Å². The highest BCUT2D eigenvalue weighted by molar-refractivity contribution is 5.92. The number of rotatable bonds is 5. The van der Waals surface area contributed by atoms with Crippen LogP contribution in [0.3, 0.4) is 0 Å². The summed E-state index contributed by atoms with van der Waals surface area (Å²) in [6.45, 7) is 6.76. The Hall–Kier alpha value is -2.83. The third-order valence-electron chi connectivity index (χ3n) is 4.33. The molecule has 0 saturated heterocycles. The number of carbonyl (C=O) groups excluding carboxylic acids is 1. The smallest absolute Gasteiger partial charge is 0.319 e. The minimum atomic E-state index is -0.211. The molecule has 25 heavy (non-hydrogen) atoms. The molecule has 2 N–H and O–H groups in total. The Balaban J connectivity index is 1.57. The van der Waals surface area contributed by atoms with E-state index < -0.39 is 0 Å². The first kappa shape index (κ1) is 17.0. The lowest BCUT2D eigenvalue weighted by molar-refractivity contribution is 0.252. The normalized spacial score (nSPS) is 11.2. The average molecular weight is 340 g/mol. The van der Waals surface area contributed by atoms with Crippen molar-refractivity contribution in [1.29, 1.82) is 0 Å². The van der Waals surface area contributed by atoms with Crippen LogP contribution in [0, 0.1) is 6.92 Å². The van der Waals surface area contributed by atoms with E-state index in [2.05, 4.69) is 34.7 Å². The van der Waals surface area contributed by atoms with E-state index in [0.29, 0.717) is 12.6 Å². The van der Waals surface area contributed by atoms with Gasteiger partial charge in [0.25, 0.3) is 0 Å². The molecule has 2 aromatic heterocycles. The molecule has 3 rings (SSSR count). The van der Waals surface area contributed by atoms with Crippen molar-refractivity contribution < 1.29 is 4.79 Å². The first-order valence-corrected chi connectivity index (χ1v) is 8.45. The van der Waals surface area contributed by atoms with Crippen LogP contribution in [0.5, 0.6) is 0 Å². The molecule has 0 aliphatic rings. The molecule has 7 nitrogen and oxygen atoms in total. The van der Waals surface area contributed by atoms with Gasteiger partial charge in [0.2, 0.25) is 0 Å². The Labute approximate surface area is 147 Å². The average Bonchev–Trinajstić information content (AvgIpc) is 3.13. The van der Waals surface area contributed by atoms with Crippen molar-refractivity contribution in [3.63, 3.8) is 0 Å². The van der Waals surface area contributed by atoms with Gasteiger partial charge in [0.05, 0.1) is 11.7 Å². The molecule has 0 fully saturated rings. The Morgan fingerprint density at radius 1 is 1.32 bits per heavy atom. The van der Waals surface area contributed by atoms with Crippen molar-refractivity contribution in [3.05, 3.63) is 41.9 Å². The Bertz CT molecular complexity index is 892. The van der Waals surface area contributed by atoms with Gasteiger partial charge in [-0.25, -0.2) is 4.79 Å². The number of anilines is 1. The fourth-order valence-electron chi connectivity index (χ4n) is 2.66. The molecule has 0 unspecified atom stereocenters. The van der Waals surface area contributed by atoms with Crippen LogP contribution in [0.4, 0.5) is 10.5 Å². The topological polar surface area (TPSA) is 76.8 Å². The van der Waals surface area contributed by atoms with Crippen molar-refractivity contribution in [3.8, 4) is 0 Å². The number of nitrogens with one attached hydrogen (secondary N) is 2. The van der Waals surface area contributed by atoms with Gasteiger partial charge >= 0.3 is 6.03 Å². The summed E-state index contributed by atoms with van der Waals surface area (Å²) >= 11 is 0. The molecule has 0 atom stereocenters. The van der Waals surface area contributed by atoms with Crippen molar-refractivity contribution in [1.82, 2.24) is 24.9 Å². The van der Waals surface area contributed by atoms with Crippen molar-refractivity contribution in [2.75, 3.05) is 11.9 Å². The summed E-state index contributed by atoms with van der Waals surface area (Å²) in [4.78, 5) is 12.1. The van der Waals surface area contributed by atoms with Crippen LogP contribution in [0.2, 0.25) is 0 Å². The molecule has 0 bridgehead atoms.